The number of amides is 1. The highest BCUT2D eigenvalue weighted by Gasteiger charge is 2.25. The molecule has 7 heteroatoms. The highest BCUT2D eigenvalue weighted by atomic mass is 79.9. The Kier molecular flexibility index (Phi) is 4.80. The summed E-state index contributed by atoms with van der Waals surface area (Å²) in [6, 6.07) is 3.17. The molecule has 1 atom stereocenters. The Morgan fingerprint density at radius 1 is 1.56 bits per heavy atom. The predicted octanol–water partition coefficient (Wildman–Crippen LogP) is 0.800. The average Bonchev–Trinajstić information content (AvgIpc) is 2.25. The van der Waals surface area contributed by atoms with Gasteiger partial charge in [0, 0.05) is 12.7 Å². The van der Waals surface area contributed by atoms with Crippen molar-refractivity contribution in [3.63, 3.8) is 0 Å². The van der Waals surface area contributed by atoms with Crippen molar-refractivity contribution in [1.29, 1.82) is 0 Å². The van der Waals surface area contributed by atoms with Gasteiger partial charge in [-0.3, -0.25) is 9.59 Å². The molecule has 0 saturated carbocycles. The van der Waals surface area contributed by atoms with Crippen molar-refractivity contribution in [3.05, 3.63) is 28.5 Å². The van der Waals surface area contributed by atoms with E-state index in [0.717, 1.165) is 0 Å². The molecule has 0 spiro atoms. The van der Waals surface area contributed by atoms with Gasteiger partial charge in [-0.15, -0.1) is 0 Å². The van der Waals surface area contributed by atoms with E-state index in [9.17, 15) is 14.7 Å². The lowest BCUT2D eigenvalue weighted by molar-refractivity contribution is -0.141. The van der Waals surface area contributed by atoms with Crippen LogP contribution >= 0.6 is 15.9 Å². The van der Waals surface area contributed by atoms with Gasteiger partial charge in [0.1, 0.15) is 4.60 Å². The number of carbonyl (C=O) groups excluding carboxylic acids is 1. The van der Waals surface area contributed by atoms with Crippen molar-refractivity contribution in [2.45, 2.75) is 18.9 Å². The second-order valence-electron chi connectivity index (χ2n) is 4.09. The molecule has 0 radical (unpaired) electrons. The van der Waals surface area contributed by atoms with Crippen LogP contribution in [0.1, 0.15) is 23.7 Å². The Bertz CT molecular complexity index is 462. The zero-order chi connectivity index (χ0) is 13.8. The van der Waals surface area contributed by atoms with Crippen LogP contribution in [0.4, 0.5) is 0 Å². The maximum Gasteiger partial charge on any atom is 0.306 e. The Hall–Kier alpha value is -1.47. The van der Waals surface area contributed by atoms with E-state index in [1.54, 1.807) is 12.1 Å². The third kappa shape index (κ3) is 4.42. The quantitative estimate of drug-likeness (QED) is 0.698. The second kappa shape index (κ2) is 5.92. The van der Waals surface area contributed by atoms with Gasteiger partial charge in [0.25, 0.3) is 5.91 Å². The highest BCUT2D eigenvalue weighted by Crippen LogP contribution is 2.13. The zero-order valence-corrected chi connectivity index (χ0v) is 11.3. The van der Waals surface area contributed by atoms with Crippen molar-refractivity contribution in [2.75, 3.05) is 6.54 Å². The fourth-order valence-corrected chi connectivity index (χ4v) is 1.74. The van der Waals surface area contributed by atoms with Gasteiger partial charge in [0.05, 0.1) is 17.6 Å². The molecule has 0 aliphatic carbocycles. The summed E-state index contributed by atoms with van der Waals surface area (Å²) in [5.74, 6) is -1.56. The van der Waals surface area contributed by atoms with Gasteiger partial charge in [0.2, 0.25) is 0 Å². The van der Waals surface area contributed by atoms with E-state index >= 15 is 0 Å². The second-order valence-corrected chi connectivity index (χ2v) is 4.84. The first-order valence-electron chi connectivity index (χ1n) is 5.15. The zero-order valence-electron chi connectivity index (χ0n) is 9.68. The monoisotopic (exact) mass is 316 g/mol. The number of hydrogen-bond acceptors (Lipinski definition) is 4. The minimum Gasteiger partial charge on any atom is -0.481 e. The summed E-state index contributed by atoms with van der Waals surface area (Å²) in [6.07, 6.45) is 1.09. The SMILES string of the molecule is CC(O)(CNC(=O)c1cccnc1Br)CC(=O)O. The fraction of sp³-hybridized carbons (Fsp3) is 0.364. The number of aromatic nitrogens is 1. The summed E-state index contributed by atoms with van der Waals surface area (Å²) < 4.78 is 0.389. The van der Waals surface area contributed by atoms with Gasteiger partial charge in [-0.05, 0) is 35.0 Å². The highest BCUT2D eigenvalue weighted by molar-refractivity contribution is 9.10. The van der Waals surface area contributed by atoms with Gasteiger partial charge in [-0.25, -0.2) is 4.98 Å². The lowest BCUT2D eigenvalue weighted by atomic mass is 10.0. The minimum atomic E-state index is -1.49. The molecule has 0 saturated heterocycles. The number of nitrogens with zero attached hydrogens (tertiary/aromatic N) is 1. The van der Waals surface area contributed by atoms with Crippen molar-refractivity contribution < 1.29 is 19.8 Å². The lowest BCUT2D eigenvalue weighted by Gasteiger charge is -2.21. The number of carboxylic acid groups (broad SMARTS) is 1. The number of halogens is 1. The molecular formula is C11H13BrN2O4. The van der Waals surface area contributed by atoms with Crippen LogP contribution in [-0.4, -0.2) is 39.2 Å². The number of aliphatic hydroxyl groups is 1. The van der Waals surface area contributed by atoms with E-state index in [0.29, 0.717) is 10.2 Å². The van der Waals surface area contributed by atoms with Crippen molar-refractivity contribution in [2.24, 2.45) is 0 Å². The molecule has 1 unspecified atom stereocenters. The summed E-state index contributed by atoms with van der Waals surface area (Å²) in [4.78, 5) is 26.1. The van der Waals surface area contributed by atoms with E-state index in [2.05, 4.69) is 26.2 Å². The smallest absolute Gasteiger partial charge is 0.306 e. The first-order valence-corrected chi connectivity index (χ1v) is 5.94. The van der Waals surface area contributed by atoms with Crippen LogP contribution in [0.3, 0.4) is 0 Å². The van der Waals surface area contributed by atoms with Gasteiger partial charge >= 0.3 is 5.97 Å². The molecule has 0 aliphatic heterocycles. The van der Waals surface area contributed by atoms with Crippen LogP contribution in [0.15, 0.2) is 22.9 Å². The molecule has 0 fully saturated rings. The molecule has 18 heavy (non-hydrogen) atoms. The van der Waals surface area contributed by atoms with Crippen LogP contribution in [-0.2, 0) is 4.79 Å². The first kappa shape index (κ1) is 14.6. The minimum absolute atomic E-state index is 0.153. The molecule has 98 valence electrons. The molecule has 1 rings (SSSR count). The van der Waals surface area contributed by atoms with Gasteiger partial charge in [0.15, 0.2) is 0 Å². The lowest BCUT2D eigenvalue weighted by Crippen LogP contribution is -2.42. The number of pyridine rings is 1. The average molecular weight is 317 g/mol. The molecule has 0 aliphatic rings. The molecule has 0 aromatic carbocycles. The molecule has 1 aromatic heterocycles. The Morgan fingerprint density at radius 2 is 2.22 bits per heavy atom. The number of carboxylic acids is 1. The number of nitrogens with one attached hydrogen (secondary N) is 1. The Morgan fingerprint density at radius 3 is 2.78 bits per heavy atom. The summed E-state index contributed by atoms with van der Waals surface area (Å²) in [6.45, 7) is 1.19. The number of carbonyl (C=O) groups is 2. The van der Waals surface area contributed by atoms with Crippen molar-refractivity contribution in [1.82, 2.24) is 10.3 Å². The van der Waals surface area contributed by atoms with Crippen LogP contribution in [0.25, 0.3) is 0 Å². The molecule has 6 nitrogen and oxygen atoms in total. The van der Waals surface area contributed by atoms with Gasteiger partial charge in [-0.2, -0.15) is 0 Å². The number of hydrogen-bond donors (Lipinski definition) is 3. The van der Waals surface area contributed by atoms with E-state index in [1.807, 2.05) is 0 Å². The van der Waals surface area contributed by atoms with Crippen LogP contribution in [0.2, 0.25) is 0 Å². The third-order valence-electron chi connectivity index (χ3n) is 2.17. The summed E-state index contributed by atoms with van der Waals surface area (Å²) in [7, 11) is 0. The van der Waals surface area contributed by atoms with Crippen LogP contribution in [0.5, 0.6) is 0 Å². The normalized spacial score (nSPS) is 13.7. The molecule has 3 N–H and O–H groups in total. The Balaban J connectivity index is 2.62. The van der Waals surface area contributed by atoms with E-state index in [1.165, 1.54) is 13.1 Å². The van der Waals surface area contributed by atoms with E-state index in [4.69, 9.17) is 5.11 Å². The standard InChI is InChI=1S/C11H13BrN2O4/c1-11(18,5-8(15)16)6-14-10(17)7-3-2-4-13-9(7)12/h2-4,18H,5-6H2,1H3,(H,14,17)(H,15,16). The summed E-state index contributed by atoms with van der Waals surface area (Å²) in [5, 5.41) is 20.8. The summed E-state index contributed by atoms with van der Waals surface area (Å²) >= 11 is 3.13. The molecule has 1 heterocycles. The topological polar surface area (TPSA) is 99.5 Å². The third-order valence-corrected chi connectivity index (χ3v) is 2.80. The van der Waals surface area contributed by atoms with Gasteiger partial charge < -0.3 is 15.5 Å². The van der Waals surface area contributed by atoms with Crippen LogP contribution < -0.4 is 5.32 Å². The van der Waals surface area contributed by atoms with E-state index in [-0.39, 0.29) is 6.54 Å². The maximum absolute atomic E-state index is 11.8. The molecule has 0 bridgehead atoms. The predicted molar refractivity (Wildman–Crippen MR) is 67.1 cm³/mol. The van der Waals surface area contributed by atoms with Crippen molar-refractivity contribution in [3.8, 4) is 0 Å². The molecule has 1 aromatic rings. The largest absolute Gasteiger partial charge is 0.481 e. The number of aliphatic carboxylic acids is 1. The first-order chi connectivity index (χ1) is 8.32. The fourth-order valence-electron chi connectivity index (χ4n) is 1.31. The van der Waals surface area contributed by atoms with E-state index < -0.39 is 23.9 Å². The maximum atomic E-state index is 11.8. The number of rotatable bonds is 5. The molecular weight excluding hydrogens is 304 g/mol. The van der Waals surface area contributed by atoms with Crippen LogP contribution in [0, 0.1) is 0 Å². The summed E-state index contributed by atoms with van der Waals surface area (Å²) in [5.41, 5.74) is -1.17. The molecule has 1 amide bonds. The Labute approximate surface area is 112 Å². The van der Waals surface area contributed by atoms with Crippen molar-refractivity contribution >= 4 is 27.8 Å². The van der Waals surface area contributed by atoms with Gasteiger partial charge in [-0.1, -0.05) is 0 Å².